The average molecular weight is 276 g/mol. The smallest absolute Gasteiger partial charge is 0.328 e. The third-order valence-corrected chi connectivity index (χ3v) is 2.87. The zero-order chi connectivity index (χ0) is 10.7. The van der Waals surface area contributed by atoms with E-state index in [0.717, 1.165) is 16.1 Å². The molecule has 14 heavy (non-hydrogen) atoms. The summed E-state index contributed by atoms with van der Waals surface area (Å²) in [5.41, 5.74) is 1.70. The Bertz CT molecular complexity index is 399. The van der Waals surface area contributed by atoms with E-state index in [4.69, 9.17) is 16.7 Å². The number of aliphatic carboxylic acids is 1. The van der Waals surface area contributed by atoms with E-state index in [-0.39, 0.29) is 0 Å². The lowest BCUT2D eigenvalue weighted by atomic mass is 10.1. The van der Waals surface area contributed by atoms with Crippen LogP contribution in [0, 0.1) is 6.92 Å². The molecule has 1 rings (SSSR count). The molecule has 1 aromatic rings. The molecule has 0 saturated carbocycles. The molecule has 0 aliphatic rings. The van der Waals surface area contributed by atoms with E-state index in [0.29, 0.717) is 10.6 Å². The zero-order valence-electron chi connectivity index (χ0n) is 7.42. The van der Waals surface area contributed by atoms with Crippen molar-refractivity contribution in [2.45, 2.75) is 6.92 Å². The van der Waals surface area contributed by atoms with Crippen molar-refractivity contribution in [3.8, 4) is 0 Å². The van der Waals surface area contributed by atoms with Crippen molar-refractivity contribution in [1.82, 2.24) is 0 Å². The van der Waals surface area contributed by atoms with E-state index >= 15 is 0 Å². The second-order valence-corrected chi connectivity index (χ2v) is 4.06. The van der Waals surface area contributed by atoms with Crippen LogP contribution in [0.5, 0.6) is 0 Å². The summed E-state index contributed by atoms with van der Waals surface area (Å²) in [6.45, 7) is 1.92. The van der Waals surface area contributed by atoms with Gasteiger partial charge in [0.2, 0.25) is 0 Å². The first-order chi connectivity index (χ1) is 6.50. The van der Waals surface area contributed by atoms with Crippen LogP contribution in [0.25, 0.3) is 6.08 Å². The number of benzene rings is 1. The standard InChI is InChI=1S/C10H8BrClO2/c1-6-4-9(12)7(5-8(6)11)2-3-10(13)14/h2-5H,1H3,(H,13,14)/b3-2+. The van der Waals surface area contributed by atoms with E-state index in [9.17, 15) is 4.79 Å². The maximum absolute atomic E-state index is 10.3. The van der Waals surface area contributed by atoms with Gasteiger partial charge in [0, 0.05) is 15.6 Å². The Morgan fingerprint density at radius 1 is 1.57 bits per heavy atom. The van der Waals surface area contributed by atoms with Gasteiger partial charge in [0.05, 0.1) is 0 Å². The van der Waals surface area contributed by atoms with Gasteiger partial charge in [-0.25, -0.2) is 4.79 Å². The van der Waals surface area contributed by atoms with Gasteiger partial charge in [0.15, 0.2) is 0 Å². The van der Waals surface area contributed by atoms with Crippen LogP contribution in [0.3, 0.4) is 0 Å². The molecular weight excluding hydrogens is 267 g/mol. The van der Waals surface area contributed by atoms with Crippen molar-refractivity contribution < 1.29 is 9.90 Å². The molecule has 0 atom stereocenters. The van der Waals surface area contributed by atoms with Crippen LogP contribution >= 0.6 is 27.5 Å². The molecule has 0 aliphatic carbocycles. The van der Waals surface area contributed by atoms with Crippen molar-refractivity contribution >= 4 is 39.6 Å². The first-order valence-corrected chi connectivity index (χ1v) is 5.04. The Morgan fingerprint density at radius 3 is 2.79 bits per heavy atom. The number of rotatable bonds is 2. The highest BCUT2D eigenvalue weighted by Gasteiger charge is 2.01. The molecule has 74 valence electrons. The normalized spacial score (nSPS) is 10.8. The molecular formula is C10H8BrClO2. The van der Waals surface area contributed by atoms with E-state index in [2.05, 4.69) is 15.9 Å². The lowest BCUT2D eigenvalue weighted by molar-refractivity contribution is -0.131. The Balaban J connectivity index is 3.10. The van der Waals surface area contributed by atoms with Crippen LogP contribution in [-0.4, -0.2) is 11.1 Å². The van der Waals surface area contributed by atoms with Crippen LogP contribution in [-0.2, 0) is 4.79 Å². The lowest BCUT2D eigenvalue weighted by Gasteiger charge is -2.02. The Morgan fingerprint density at radius 2 is 2.21 bits per heavy atom. The fraction of sp³-hybridized carbons (Fsp3) is 0.100. The summed E-state index contributed by atoms with van der Waals surface area (Å²) in [4.78, 5) is 10.3. The molecule has 1 aromatic carbocycles. The highest BCUT2D eigenvalue weighted by atomic mass is 79.9. The highest BCUT2D eigenvalue weighted by Crippen LogP contribution is 2.25. The molecule has 0 saturated heterocycles. The molecule has 0 unspecified atom stereocenters. The van der Waals surface area contributed by atoms with Crippen LogP contribution in [0.15, 0.2) is 22.7 Å². The van der Waals surface area contributed by atoms with Gasteiger partial charge in [-0.2, -0.15) is 0 Å². The second-order valence-electron chi connectivity index (χ2n) is 2.79. The van der Waals surface area contributed by atoms with Crippen molar-refractivity contribution in [1.29, 1.82) is 0 Å². The Hall–Kier alpha value is -0.800. The third kappa shape index (κ3) is 2.86. The molecule has 0 amide bonds. The summed E-state index contributed by atoms with van der Waals surface area (Å²) < 4.78 is 0.909. The minimum absolute atomic E-state index is 0.545. The summed E-state index contributed by atoms with van der Waals surface area (Å²) in [7, 11) is 0. The van der Waals surface area contributed by atoms with Gasteiger partial charge in [-0.3, -0.25) is 0 Å². The molecule has 4 heteroatoms. The van der Waals surface area contributed by atoms with Crippen LogP contribution in [0.4, 0.5) is 0 Å². The van der Waals surface area contributed by atoms with E-state index < -0.39 is 5.97 Å². The number of halogens is 2. The topological polar surface area (TPSA) is 37.3 Å². The number of carboxylic acid groups (broad SMARTS) is 1. The predicted octanol–water partition coefficient (Wildman–Crippen LogP) is 3.51. The molecule has 0 aliphatic heterocycles. The fourth-order valence-corrected chi connectivity index (χ4v) is 1.59. The van der Waals surface area contributed by atoms with Crippen LogP contribution in [0.1, 0.15) is 11.1 Å². The van der Waals surface area contributed by atoms with Crippen LogP contribution in [0.2, 0.25) is 5.02 Å². The SMILES string of the molecule is Cc1cc(Cl)c(/C=C/C(=O)O)cc1Br. The fourth-order valence-electron chi connectivity index (χ4n) is 0.950. The summed E-state index contributed by atoms with van der Waals surface area (Å²) in [6, 6.07) is 3.57. The van der Waals surface area contributed by atoms with E-state index in [1.807, 2.05) is 6.92 Å². The van der Waals surface area contributed by atoms with Crippen molar-refractivity contribution in [3.63, 3.8) is 0 Å². The van der Waals surface area contributed by atoms with Gasteiger partial charge in [-0.05, 0) is 36.3 Å². The van der Waals surface area contributed by atoms with Crippen molar-refractivity contribution in [2.75, 3.05) is 0 Å². The lowest BCUT2D eigenvalue weighted by Crippen LogP contribution is -1.87. The minimum Gasteiger partial charge on any atom is -0.478 e. The summed E-state index contributed by atoms with van der Waals surface area (Å²) in [6.07, 6.45) is 2.53. The molecule has 0 aromatic heterocycles. The zero-order valence-corrected chi connectivity index (χ0v) is 9.76. The van der Waals surface area contributed by atoms with Gasteiger partial charge >= 0.3 is 5.97 Å². The number of hydrogen-bond acceptors (Lipinski definition) is 1. The molecule has 0 radical (unpaired) electrons. The molecule has 2 nitrogen and oxygen atoms in total. The second kappa shape index (κ2) is 4.62. The Kier molecular flexibility index (Phi) is 3.72. The van der Waals surface area contributed by atoms with Crippen molar-refractivity contribution in [2.24, 2.45) is 0 Å². The van der Waals surface area contributed by atoms with Gasteiger partial charge in [0.1, 0.15) is 0 Å². The first-order valence-electron chi connectivity index (χ1n) is 3.87. The monoisotopic (exact) mass is 274 g/mol. The minimum atomic E-state index is -0.988. The maximum Gasteiger partial charge on any atom is 0.328 e. The predicted molar refractivity (Wildman–Crippen MR) is 60.6 cm³/mol. The van der Waals surface area contributed by atoms with Gasteiger partial charge in [0.25, 0.3) is 0 Å². The highest BCUT2D eigenvalue weighted by molar-refractivity contribution is 9.10. The summed E-state index contributed by atoms with van der Waals surface area (Å²) >= 11 is 9.27. The number of carbonyl (C=O) groups is 1. The van der Waals surface area contributed by atoms with Gasteiger partial charge in [-0.15, -0.1) is 0 Å². The number of hydrogen-bond donors (Lipinski definition) is 1. The first kappa shape index (κ1) is 11.3. The van der Waals surface area contributed by atoms with Crippen LogP contribution < -0.4 is 0 Å². The summed E-state index contributed by atoms with van der Waals surface area (Å²) in [5, 5.41) is 8.99. The maximum atomic E-state index is 10.3. The molecule has 0 heterocycles. The van der Waals surface area contributed by atoms with Gasteiger partial charge < -0.3 is 5.11 Å². The van der Waals surface area contributed by atoms with Crippen molar-refractivity contribution in [3.05, 3.63) is 38.8 Å². The third-order valence-electron chi connectivity index (χ3n) is 1.68. The number of aryl methyl sites for hydroxylation is 1. The Labute approximate surface area is 95.3 Å². The van der Waals surface area contributed by atoms with E-state index in [1.165, 1.54) is 6.08 Å². The molecule has 0 spiro atoms. The molecule has 0 fully saturated rings. The average Bonchev–Trinajstić information content (AvgIpc) is 2.09. The molecule has 0 bridgehead atoms. The number of carboxylic acids is 1. The largest absolute Gasteiger partial charge is 0.478 e. The quantitative estimate of drug-likeness (QED) is 0.839. The van der Waals surface area contributed by atoms with Gasteiger partial charge in [-0.1, -0.05) is 27.5 Å². The molecule has 1 N–H and O–H groups in total. The van der Waals surface area contributed by atoms with E-state index in [1.54, 1.807) is 12.1 Å². The summed E-state index contributed by atoms with van der Waals surface area (Å²) in [5.74, 6) is -0.988.